The fourth-order valence-electron chi connectivity index (χ4n) is 2.68. The van der Waals surface area contributed by atoms with Gasteiger partial charge < -0.3 is 10.0 Å². The normalized spacial score (nSPS) is 10.9. The summed E-state index contributed by atoms with van der Waals surface area (Å²) in [5.74, 6) is 0.0555. The standard InChI is InChI=1S/C18H19N3O2/c1-4-15-16(21-11-5-6-12(2)17(21)19-15)18(23)20(3)13-7-9-14(22)10-8-13/h5-11,22H,4H2,1-3H3. The highest BCUT2D eigenvalue weighted by atomic mass is 16.3. The van der Waals surface area contributed by atoms with Gasteiger partial charge in [-0.3, -0.25) is 9.20 Å². The second-order valence-corrected chi connectivity index (χ2v) is 5.53. The number of hydrogen-bond donors (Lipinski definition) is 1. The van der Waals surface area contributed by atoms with E-state index in [4.69, 9.17) is 0 Å². The third kappa shape index (κ3) is 2.54. The first-order chi connectivity index (χ1) is 11.0. The second kappa shape index (κ2) is 5.76. The molecule has 0 aliphatic carbocycles. The Morgan fingerprint density at radius 1 is 1.26 bits per heavy atom. The molecule has 3 rings (SSSR count). The number of aromatic nitrogens is 2. The van der Waals surface area contributed by atoms with E-state index in [1.807, 2.05) is 36.6 Å². The van der Waals surface area contributed by atoms with Crippen LogP contribution in [0.15, 0.2) is 42.6 Å². The summed E-state index contributed by atoms with van der Waals surface area (Å²) in [6.45, 7) is 3.98. The van der Waals surface area contributed by atoms with Crippen molar-refractivity contribution >= 4 is 17.2 Å². The fraction of sp³-hybridized carbons (Fsp3) is 0.222. The maximum Gasteiger partial charge on any atom is 0.276 e. The van der Waals surface area contributed by atoms with Crippen LogP contribution in [0.4, 0.5) is 5.69 Å². The van der Waals surface area contributed by atoms with Gasteiger partial charge >= 0.3 is 0 Å². The molecule has 1 aromatic carbocycles. The molecule has 0 saturated carbocycles. The number of hydrogen-bond acceptors (Lipinski definition) is 3. The summed E-state index contributed by atoms with van der Waals surface area (Å²) in [5.41, 5.74) is 3.94. The van der Waals surface area contributed by atoms with E-state index < -0.39 is 0 Å². The van der Waals surface area contributed by atoms with E-state index in [1.54, 1.807) is 36.2 Å². The van der Waals surface area contributed by atoms with Crippen LogP contribution >= 0.6 is 0 Å². The van der Waals surface area contributed by atoms with Crippen LogP contribution in [0, 0.1) is 6.92 Å². The molecule has 0 radical (unpaired) electrons. The van der Waals surface area contributed by atoms with Crippen LogP contribution in [0.2, 0.25) is 0 Å². The van der Waals surface area contributed by atoms with Gasteiger partial charge in [0.05, 0.1) is 5.69 Å². The second-order valence-electron chi connectivity index (χ2n) is 5.53. The van der Waals surface area contributed by atoms with E-state index in [0.717, 1.165) is 22.6 Å². The van der Waals surface area contributed by atoms with Crippen molar-refractivity contribution in [2.75, 3.05) is 11.9 Å². The minimum atomic E-state index is -0.120. The molecule has 0 saturated heterocycles. The van der Waals surface area contributed by atoms with Gasteiger partial charge in [0.15, 0.2) is 0 Å². The number of pyridine rings is 1. The van der Waals surface area contributed by atoms with Crippen LogP contribution in [0.3, 0.4) is 0 Å². The van der Waals surface area contributed by atoms with Gasteiger partial charge in [-0.05, 0) is 49.2 Å². The van der Waals surface area contributed by atoms with Crippen molar-refractivity contribution in [2.45, 2.75) is 20.3 Å². The van der Waals surface area contributed by atoms with Crippen molar-refractivity contribution in [3.8, 4) is 5.75 Å². The lowest BCUT2D eigenvalue weighted by Crippen LogP contribution is -2.28. The third-order valence-corrected chi connectivity index (χ3v) is 4.00. The van der Waals surface area contributed by atoms with Crippen molar-refractivity contribution in [3.63, 3.8) is 0 Å². The van der Waals surface area contributed by atoms with E-state index in [2.05, 4.69) is 4.98 Å². The number of carbonyl (C=O) groups excluding carboxylic acids is 1. The Bertz CT molecular complexity index is 866. The molecule has 1 amide bonds. The molecule has 2 aromatic heterocycles. The number of phenolic OH excluding ortho intramolecular Hbond substituents is 1. The molecule has 5 heteroatoms. The number of nitrogens with zero attached hydrogens (tertiary/aromatic N) is 3. The number of carbonyl (C=O) groups is 1. The van der Waals surface area contributed by atoms with Crippen LogP contribution < -0.4 is 4.90 Å². The number of amides is 1. The van der Waals surface area contributed by atoms with Gasteiger partial charge in [0.1, 0.15) is 17.1 Å². The Kier molecular flexibility index (Phi) is 3.78. The van der Waals surface area contributed by atoms with Crippen LogP contribution in [0.25, 0.3) is 5.65 Å². The first kappa shape index (κ1) is 15.1. The SMILES string of the molecule is CCc1nc2c(C)cccn2c1C(=O)N(C)c1ccc(O)cc1. The van der Waals surface area contributed by atoms with Gasteiger partial charge in [-0.2, -0.15) is 0 Å². The maximum atomic E-state index is 13.0. The lowest BCUT2D eigenvalue weighted by Gasteiger charge is -2.18. The van der Waals surface area contributed by atoms with Gasteiger partial charge in [0.25, 0.3) is 5.91 Å². The molecule has 0 unspecified atom stereocenters. The molecule has 3 aromatic rings. The Hall–Kier alpha value is -2.82. The number of aryl methyl sites for hydroxylation is 2. The molecule has 0 atom stereocenters. The van der Waals surface area contributed by atoms with E-state index in [-0.39, 0.29) is 11.7 Å². The molecular formula is C18H19N3O2. The van der Waals surface area contributed by atoms with E-state index in [0.29, 0.717) is 12.1 Å². The Labute approximate surface area is 134 Å². The summed E-state index contributed by atoms with van der Waals surface area (Å²) < 4.78 is 1.85. The molecule has 0 fully saturated rings. The number of anilines is 1. The summed E-state index contributed by atoms with van der Waals surface area (Å²) in [6.07, 6.45) is 2.55. The smallest absolute Gasteiger partial charge is 0.276 e. The number of rotatable bonds is 3. The van der Waals surface area contributed by atoms with Crippen molar-refractivity contribution < 1.29 is 9.90 Å². The minimum absolute atomic E-state index is 0.120. The molecule has 2 heterocycles. The van der Waals surface area contributed by atoms with Gasteiger partial charge in [0.2, 0.25) is 0 Å². The van der Waals surface area contributed by atoms with Crippen molar-refractivity contribution in [1.29, 1.82) is 0 Å². The maximum absolute atomic E-state index is 13.0. The Morgan fingerprint density at radius 3 is 2.61 bits per heavy atom. The molecular weight excluding hydrogens is 290 g/mol. The topological polar surface area (TPSA) is 57.8 Å². The van der Waals surface area contributed by atoms with Gasteiger partial charge in [-0.15, -0.1) is 0 Å². The van der Waals surface area contributed by atoms with Gasteiger partial charge in [0, 0.05) is 18.9 Å². The third-order valence-electron chi connectivity index (χ3n) is 4.00. The highest BCUT2D eigenvalue weighted by molar-refractivity contribution is 6.06. The van der Waals surface area contributed by atoms with E-state index in [1.165, 1.54) is 0 Å². The lowest BCUT2D eigenvalue weighted by atomic mass is 10.2. The number of benzene rings is 1. The molecule has 0 aliphatic rings. The lowest BCUT2D eigenvalue weighted by molar-refractivity contribution is 0.0986. The van der Waals surface area contributed by atoms with E-state index in [9.17, 15) is 9.90 Å². The zero-order valence-corrected chi connectivity index (χ0v) is 13.4. The summed E-state index contributed by atoms with van der Waals surface area (Å²) in [6, 6.07) is 10.5. The number of fused-ring (bicyclic) bond motifs is 1. The number of imidazole rings is 1. The Morgan fingerprint density at radius 2 is 1.96 bits per heavy atom. The van der Waals surface area contributed by atoms with Gasteiger partial charge in [-0.25, -0.2) is 4.98 Å². The summed E-state index contributed by atoms with van der Waals surface area (Å²) >= 11 is 0. The number of phenols is 1. The molecule has 1 N–H and O–H groups in total. The van der Waals surface area contributed by atoms with Crippen molar-refractivity contribution in [2.24, 2.45) is 0 Å². The van der Waals surface area contributed by atoms with Crippen LogP contribution in [-0.2, 0) is 6.42 Å². The zero-order chi connectivity index (χ0) is 16.6. The van der Waals surface area contributed by atoms with Crippen LogP contribution in [-0.4, -0.2) is 27.4 Å². The zero-order valence-electron chi connectivity index (χ0n) is 13.4. The summed E-state index contributed by atoms with van der Waals surface area (Å²) in [5, 5.41) is 9.40. The first-order valence-electron chi connectivity index (χ1n) is 7.56. The molecule has 0 aliphatic heterocycles. The minimum Gasteiger partial charge on any atom is -0.508 e. The van der Waals surface area contributed by atoms with Gasteiger partial charge in [-0.1, -0.05) is 13.0 Å². The average molecular weight is 309 g/mol. The molecule has 23 heavy (non-hydrogen) atoms. The predicted octanol–water partition coefficient (Wildman–Crippen LogP) is 3.19. The summed E-state index contributed by atoms with van der Waals surface area (Å²) in [7, 11) is 1.73. The number of aromatic hydroxyl groups is 1. The highest BCUT2D eigenvalue weighted by Gasteiger charge is 2.22. The monoisotopic (exact) mass is 309 g/mol. The molecule has 118 valence electrons. The van der Waals surface area contributed by atoms with E-state index >= 15 is 0 Å². The highest BCUT2D eigenvalue weighted by Crippen LogP contribution is 2.22. The average Bonchev–Trinajstić information content (AvgIpc) is 2.94. The van der Waals surface area contributed by atoms with Crippen LogP contribution in [0.1, 0.15) is 28.7 Å². The van der Waals surface area contributed by atoms with Crippen LogP contribution in [0.5, 0.6) is 5.75 Å². The quantitative estimate of drug-likeness (QED) is 0.808. The molecule has 0 spiro atoms. The molecule has 5 nitrogen and oxygen atoms in total. The molecule has 0 bridgehead atoms. The Balaban J connectivity index is 2.10. The summed E-state index contributed by atoms with van der Waals surface area (Å²) in [4.78, 5) is 19.2. The largest absolute Gasteiger partial charge is 0.508 e. The predicted molar refractivity (Wildman–Crippen MR) is 90.1 cm³/mol. The van der Waals surface area contributed by atoms with Crippen molar-refractivity contribution in [3.05, 3.63) is 59.5 Å². The fourth-order valence-corrected chi connectivity index (χ4v) is 2.68. The van der Waals surface area contributed by atoms with Crippen molar-refractivity contribution in [1.82, 2.24) is 9.38 Å². The first-order valence-corrected chi connectivity index (χ1v) is 7.56.